The van der Waals surface area contributed by atoms with Crippen LogP contribution in [0.4, 0.5) is 0 Å². The Balaban J connectivity index is 1.75. The van der Waals surface area contributed by atoms with Gasteiger partial charge in [-0.25, -0.2) is 0 Å². The van der Waals surface area contributed by atoms with E-state index in [9.17, 15) is 9.90 Å². The van der Waals surface area contributed by atoms with Gasteiger partial charge in [0.15, 0.2) is 0 Å². The number of aliphatic hydroxyl groups is 2. The molecule has 0 saturated heterocycles. The van der Waals surface area contributed by atoms with Crippen molar-refractivity contribution in [3.63, 3.8) is 0 Å². The molecule has 1 aromatic carbocycles. The fraction of sp³-hybridized carbons (Fsp3) is 0.440. The van der Waals surface area contributed by atoms with Gasteiger partial charge in [-0.2, -0.15) is 4.98 Å². The summed E-state index contributed by atoms with van der Waals surface area (Å²) in [7, 11) is 0. The number of carbonyl (C=O) groups is 1. The number of ether oxygens (including phenoxy) is 1. The van der Waals surface area contributed by atoms with E-state index in [4.69, 9.17) is 14.4 Å². The van der Waals surface area contributed by atoms with Crippen molar-refractivity contribution >= 4 is 5.91 Å². The Morgan fingerprint density at radius 3 is 2.79 bits per heavy atom. The number of benzene rings is 1. The molecule has 9 nitrogen and oxygen atoms in total. The lowest BCUT2D eigenvalue weighted by Gasteiger charge is -2.17. The number of hydrogen-bond donors (Lipinski definition) is 3. The number of nitrogens with one attached hydrogen (secondary N) is 1. The zero-order valence-corrected chi connectivity index (χ0v) is 19.9. The van der Waals surface area contributed by atoms with Crippen molar-refractivity contribution in [2.24, 2.45) is 0 Å². The minimum absolute atomic E-state index is 0.00121. The molecule has 3 rings (SSSR count). The highest BCUT2D eigenvalue weighted by atomic mass is 16.5. The highest BCUT2D eigenvalue weighted by Gasteiger charge is 2.16. The molecule has 34 heavy (non-hydrogen) atoms. The maximum Gasteiger partial charge on any atom is 0.258 e. The summed E-state index contributed by atoms with van der Waals surface area (Å²) in [6.45, 7) is 5.47. The normalized spacial score (nSPS) is 11.9. The van der Waals surface area contributed by atoms with Crippen LogP contribution in [0.25, 0.3) is 22.8 Å². The first kappa shape index (κ1) is 25.3. The average molecular weight is 469 g/mol. The standard InChI is InChI=1S/C25H32N4O5/c1-4-6-7-20-12-18(8-9-26-20)25-28-24(29-34-25)19-10-16(3)23(17(5-2)11-19)33-15-21(31)13-27-22(32)14-30/h8-12,21,30-31H,4-7,13-15H2,1-3H3,(H,27,32). The highest BCUT2D eigenvalue weighted by Crippen LogP contribution is 2.31. The van der Waals surface area contributed by atoms with E-state index < -0.39 is 18.6 Å². The lowest BCUT2D eigenvalue weighted by Crippen LogP contribution is -2.36. The smallest absolute Gasteiger partial charge is 0.258 e. The molecule has 3 N–H and O–H groups in total. The van der Waals surface area contributed by atoms with Crippen molar-refractivity contribution in [2.45, 2.75) is 52.6 Å². The Kier molecular flexibility index (Phi) is 9.12. The second-order valence-electron chi connectivity index (χ2n) is 8.12. The van der Waals surface area contributed by atoms with Gasteiger partial charge in [-0.1, -0.05) is 25.4 Å². The van der Waals surface area contributed by atoms with Crippen molar-refractivity contribution in [2.75, 3.05) is 19.8 Å². The molecule has 1 unspecified atom stereocenters. The molecule has 0 saturated carbocycles. The molecule has 0 aliphatic rings. The third-order valence-corrected chi connectivity index (χ3v) is 5.37. The fourth-order valence-electron chi connectivity index (χ4n) is 3.54. The summed E-state index contributed by atoms with van der Waals surface area (Å²) in [6.07, 6.45) is 4.66. The van der Waals surface area contributed by atoms with E-state index >= 15 is 0 Å². The Morgan fingerprint density at radius 2 is 2.06 bits per heavy atom. The third-order valence-electron chi connectivity index (χ3n) is 5.37. The number of aromatic nitrogens is 3. The van der Waals surface area contributed by atoms with Crippen molar-refractivity contribution in [3.8, 4) is 28.6 Å². The van der Waals surface area contributed by atoms with Crippen LogP contribution in [-0.2, 0) is 17.6 Å². The van der Waals surface area contributed by atoms with E-state index in [-0.39, 0.29) is 13.2 Å². The molecule has 2 heterocycles. The fourth-order valence-corrected chi connectivity index (χ4v) is 3.54. The molecule has 3 aromatic rings. The zero-order valence-electron chi connectivity index (χ0n) is 19.9. The van der Waals surface area contributed by atoms with Gasteiger partial charge in [0, 0.05) is 29.6 Å². The number of rotatable bonds is 12. The summed E-state index contributed by atoms with van der Waals surface area (Å²) >= 11 is 0. The number of carbonyl (C=O) groups excluding carboxylic acids is 1. The Bertz CT molecular complexity index is 1100. The second kappa shape index (κ2) is 12.2. The molecule has 0 aliphatic carbocycles. The summed E-state index contributed by atoms with van der Waals surface area (Å²) in [5.41, 5.74) is 4.47. The zero-order chi connectivity index (χ0) is 24.5. The molecule has 0 fully saturated rings. The SMILES string of the molecule is CCCCc1cc(-c2nc(-c3cc(C)c(OCC(O)CNC(=O)CO)c(CC)c3)no2)ccn1. The molecule has 0 bridgehead atoms. The Hall–Kier alpha value is -3.30. The molecule has 0 spiro atoms. The van der Waals surface area contributed by atoms with Crippen molar-refractivity contribution in [1.29, 1.82) is 0 Å². The summed E-state index contributed by atoms with van der Waals surface area (Å²) in [5.74, 6) is 1.06. The van der Waals surface area contributed by atoms with Crippen LogP contribution in [0.2, 0.25) is 0 Å². The van der Waals surface area contributed by atoms with Gasteiger partial charge in [0.25, 0.3) is 5.89 Å². The van der Waals surface area contributed by atoms with Crippen LogP contribution in [0.5, 0.6) is 5.75 Å². The first-order valence-corrected chi connectivity index (χ1v) is 11.6. The lowest BCUT2D eigenvalue weighted by atomic mass is 10.0. The van der Waals surface area contributed by atoms with E-state index in [2.05, 4.69) is 27.4 Å². The van der Waals surface area contributed by atoms with Crippen molar-refractivity contribution in [3.05, 3.63) is 47.3 Å². The molecule has 0 aliphatic heterocycles. The van der Waals surface area contributed by atoms with Crippen LogP contribution in [0.3, 0.4) is 0 Å². The van der Waals surface area contributed by atoms with E-state index in [1.165, 1.54) is 0 Å². The van der Waals surface area contributed by atoms with E-state index in [1.54, 1.807) is 6.20 Å². The van der Waals surface area contributed by atoms with Gasteiger partial charge in [-0.05, 0) is 61.6 Å². The van der Waals surface area contributed by atoms with Crippen LogP contribution < -0.4 is 10.1 Å². The summed E-state index contributed by atoms with van der Waals surface area (Å²) in [5, 5.41) is 25.4. The predicted molar refractivity (Wildman–Crippen MR) is 127 cm³/mol. The van der Waals surface area contributed by atoms with Crippen LogP contribution in [-0.4, -0.2) is 57.1 Å². The third kappa shape index (κ3) is 6.61. The highest BCUT2D eigenvalue weighted by molar-refractivity contribution is 5.76. The summed E-state index contributed by atoms with van der Waals surface area (Å²) in [4.78, 5) is 20.1. The molecular weight excluding hydrogens is 436 g/mol. The van der Waals surface area contributed by atoms with Crippen LogP contribution in [0.15, 0.2) is 35.0 Å². The number of pyridine rings is 1. The van der Waals surface area contributed by atoms with Crippen molar-refractivity contribution < 1.29 is 24.3 Å². The molecule has 0 radical (unpaired) electrons. The number of aliphatic hydroxyl groups excluding tert-OH is 2. The van der Waals surface area contributed by atoms with Crippen LogP contribution in [0, 0.1) is 6.92 Å². The average Bonchev–Trinajstić information content (AvgIpc) is 3.35. The van der Waals surface area contributed by atoms with E-state index in [1.807, 2.05) is 38.1 Å². The maximum atomic E-state index is 11.1. The van der Waals surface area contributed by atoms with E-state index in [0.29, 0.717) is 23.9 Å². The molecule has 1 atom stereocenters. The maximum absolute atomic E-state index is 11.1. The number of nitrogens with zero attached hydrogens (tertiary/aromatic N) is 3. The number of hydrogen-bond acceptors (Lipinski definition) is 8. The Labute approximate surface area is 199 Å². The lowest BCUT2D eigenvalue weighted by molar-refractivity contribution is -0.124. The first-order chi connectivity index (χ1) is 16.4. The molecule has 9 heteroatoms. The second-order valence-corrected chi connectivity index (χ2v) is 8.12. The Morgan fingerprint density at radius 1 is 1.24 bits per heavy atom. The topological polar surface area (TPSA) is 131 Å². The van der Waals surface area contributed by atoms with E-state index in [0.717, 1.165) is 47.2 Å². The van der Waals surface area contributed by atoms with Gasteiger partial charge in [0.05, 0.1) is 0 Å². The van der Waals surface area contributed by atoms with Crippen LogP contribution in [0.1, 0.15) is 43.5 Å². The van der Waals surface area contributed by atoms with Crippen LogP contribution >= 0.6 is 0 Å². The van der Waals surface area contributed by atoms with Gasteiger partial charge in [0.1, 0.15) is 25.1 Å². The summed E-state index contributed by atoms with van der Waals surface area (Å²) in [6, 6.07) is 7.72. The monoisotopic (exact) mass is 468 g/mol. The number of amides is 1. The van der Waals surface area contributed by atoms with Gasteiger partial charge in [-0.3, -0.25) is 9.78 Å². The van der Waals surface area contributed by atoms with Crippen molar-refractivity contribution in [1.82, 2.24) is 20.4 Å². The molecular formula is C25H32N4O5. The largest absolute Gasteiger partial charge is 0.490 e. The molecule has 1 amide bonds. The quantitative estimate of drug-likeness (QED) is 0.370. The first-order valence-electron chi connectivity index (χ1n) is 11.6. The molecule has 2 aromatic heterocycles. The summed E-state index contributed by atoms with van der Waals surface area (Å²) < 4.78 is 11.4. The predicted octanol–water partition coefficient (Wildman–Crippen LogP) is 2.86. The van der Waals surface area contributed by atoms with Gasteiger partial charge in [-0.15, -0.1) is 0 Å². The minimum atomic E-state index is -0.901. The molecule has 182 valence electrons. The van der Waals surface area contributed by atoms with Gasteiger partial charge >= 0.3 is 0 Å². The minimum Gasteiger partial charge on any atom is -0.490 e. The van der Waals surface area contributed by atoms with Gasteiger partial charge in [0.2, 0.25) is 11.7 Å². The number of unbranched alkanes of at least 4 members (excludes halogenated alkanes) is 1. The number of aryl methyl sites for hydroxylation is 3. The van der Waals surface area contributed by atoms with Gasteiger partial charge < -0.3 is 24.8 Å².